The van der Waals surface area contributed by atoms with E-state index in [1.807, 2.05) is 30.3 Å². The van der Waals surface area contributed by atoms with Crippen LogP contribution in [-0.2, 0) is 17.8 Å². The van der Waals surface area contributed by atoms with Gasteiger partial charge in [0, 0.05) is 6.07 Å². The van der Waals surface area contributed by atoms with Gasteiger partial charge in [0.15, 0.2) is 5.82 Å². The highest BCUT2D eigenvalue weighted by molar-refractivity contribution is 5.78. The predicted octanol–water partition coefficient (Wildman–Crippen LogP) is 2.27. The summed E-state index contributed by atoms with van der Waals surface area (Å²) in [6, 6.07) is 14.0. The van der Waals surface area contributed by atoms with E-state index < -0.39 is 5.82 Å². The van der Waals surface area contributed by atoms with Crippen molar-refractivity contribution in [3.63, 3.8) is 0 Å². The van der Waals surface area contributed by atoms with Gasteiger partial charge >= 0.3 is 0 Å². The average Bonchev–Trinajstić information content (AvgIpc) is 3.11. The van der Waals surface area contributed by atoms with Gasteiger partial charge < -0.3 is 10.1 Å². The van der Waals surface area contributed by atoms with E-state index in [1.54, 1.807) is 17.1 Å². The molecule has 1 N–H and O–H groups in total. The summed E-state index contributed by atoms with van der Waals surface area (Å²) in [6.07, 6.45) is 1.52. The van der Waals surface area contributed by atoms with Crippen LogP contribution < -0.4 is 10.1 Å². The molecule has 0 fully saturated rings. The van der Waals surface area contributed by atoms with Gasteiger partial charge in [0.25, 0.3) is 0 Å². The highest BCUT2D eigenvalue weighted by Gasteiger charge is 2.10. The molecule has 0 saturated carbocycles. The fourth-order valence-electron chi connectivity index (χ4n) is 2.29. The van der Waals surface area contributed by atoms with Gasteiger partial charge in [-0.05, 0) is 23.8 Å². The van der Waals surface area contributed by atoms with Crippen LogP contribution in [0.2, 0.25) is 0 Å². The number of hydrogen-bond acceptors (Lipinski definition) is 4. The van der Waals surface area contributed by atoms with Crippen molar-refractivity contribution in [3.05, 3.63) is 72.1 Å². The molecule has 1 amide bonds. The molecule has 1 heterocycles. The number of carbonyl (C=O) groups excluding carboxylic acids is 1. The second-order valence-corrected chi connectivity index (χ2v) is 5.35. The number of amides is 1. The van der Waals surface area contributed by atoms with Crippen LogP contribution >= 0.6 is 0 Å². The van der Waals surface area contributed by atoms with Crippen LogP contribution in [-0.4, -0.2) is 27.8 Å². The van der Waals surface area contributed by atoms with Crippen molar-refractivity contribution >= 4 is 5.91 Å². The van der Waals surface area contributed by atoms with Crippen LogP contribution in [0.5, 0.6) is 5.75 Å². The Labute approximate surface area is 144 Å². The number of halogens is 1. The number of carbonyl (C=O) groups is 1. The van der Waals surface area contributed by atoms with Crippen LogP contribution in [0.4, 0.5) is 4.39 Å². The zero-order chi connectivity index (χ0) is 17.6. The van der Waals surface area contributed by atoms with Crippen molar-refractivity contribution < 1.29 is 13.9 Å². The molecule has 1 aromatic heterocycles. The first-order valence-corrected chi connectivity index (χ1v) is 7.71. The minimum atomic E-state index is -0.471. The zero-order valence-corrected chi connectivity index (χ0v) is 13.6. The molecule has 7 heteroatoms. The third-order valence-electron chi connectivity index (χ3n) is 3.61. The van der Waals surface area contributed by atoms with E-state index in [9.17, 15) is 9.18 Å². The maximum Gasteiger partial charge on any atom is 0.224 e. The van der Waals surface area contributed by atoms with E-state index >= 15 is 0 Å². The van der Waals surface area contributed by atoms with Crippen molar-refractivity contribution in [1.82, 2.24) is 20.1 Å². The molecule has 25 heavy (non-hydrogen) atoms. The summed E-state index contributed by atoms with van der Waals surface area (Å²) < 4.78 is 20.4. The first kappa shape index (κ1) is 16.6. The van der Waals surface area contributed by atoms with E-state index in [1.165, 1.54) is 19.2 Å². The normalized spacial score (nSPS) is 10.5. The molecular formula is C18H17FN4O2. The van der Waals surface area contributed by atoms with Crippen molar-refractivity contribution in [2.45, 2.75) is 13.0 Å². The summed E-state index contributed by atoms with van der Waals surface area (Å²) in [5.41, 5.74) is 1.19. The van der Waals surface area contributed by atoms with E-state index in [4.69, 9.17) is 4.74 Å². The van der Waals surface area contributed by atoms with Gasteiger partial charge in [-0.15, -0.1) is 5.10 Å². The number of hydrogen-bond donors (Lipinski definition) is 1. The summed E-state index contributed by atoms with van der Waals surface area (Å²) in [5, 5.41) is 6.99. The Kier molecular flexibility index (Phi) is 5.03. The zero-order valence-electron chi connectivity index (χ0n) is 13.6. The van der Waals surface area contributed by atoms with Gasteiger partial charge in [-0.3, -0.25) is 4.79 Å². The molecule has 128 valence electrons. The summed E-state index contributed by atoms with van der Waals surface area (Å²) >= 11 is 0. The van der Waals surface area contributed by atoms with E-state index in [0.29, 0.717) is 17.1 Å². The van der Waals surface area contributed by atoms with Gasteiger partial charge in [-0.1, -0.05) is 24.3 Å². The molecule has 3 aromatic rings. The minimum absolute atomic E-state index is 0.0603. The lowest BCUT2D eigenvalue weighted by Crippen LogP contribution is -2.25. The van der Waals surface area contributed by atoms with Crippen molar-refractivity contribution in [2.24, 2.45) is 0 Å². The van der Waals surface area contributed by atoms with Crippen molar-refractivity contribution in [3.8, 4) is 11.4 Å². The third-order valence-corrected chi connectivity index (χ3v) is 3.61. The Hall–Kier alpha value is -3.22. The highest BCUT2D eigenvalue weighted by Crippen LogP contribution is 2.16. The molecule has 0 saturated heterocycles. The smallest absolute Gasteiger partial charge is 0.224 e. The van der Waals surface area contributed by atoms with Gasteiger partial charge in [0.1, 0.15) is 17.9 Å². The molecule has 3 rings (SSSR count). The average molecular weight is 340 g/mol. The molecule has 0 aliphatic heterocycles. The van der Waals surface area contributed by atoms with E-state index in [-0.39, 0.29) is 18.9 Å². The standard InChI is InChI=1S/C18H17FN4O2/c1-25-15-8-7-13(16(19)10-15)9-18(24)20-11-17-21-12-23(22-17)14-5-3-2-4-6-14/h2-8,10,12H,9,11H2,1H3,(H,20,24). The van der Waals surface area contributed by atoms with Gasteiger partial charge in [-0.25, -0.2) is 14.1 Å². The number of para-hydroxylation sites is 1. The second-order valence-electron chi connectivity index (χ2n) is 5.35. The largest absolute Gasteiger partial charge is 0.497 e. The summed E-state index contributed by atoms with van der Waals surface area (Å²) in [6.45, 7) is 0.177. The van der Waals surface area contributed by atoms with Crippen LogP contribution in [0.3, 0.4) is 0 Å². The van der Waals surface area contributed by atoms with E-state index in [2.05, 4.69) is 15.4 Å². The Morgan fingerprint density at radius 3 is 2.76 bits per heavy atom. The Bertz CT molecular complexity index is 865. The molecule has 0 radical (unpaired) electrons. The first-order valence-electron chi connectivity index (χ1n) is 7.71. The third kappa shape index (κ3) is 4.20. The van der Waals surface area contributed by atoms with Gasteiger partial charge in [0.2, 0.25) is 5.91 Å². The van der Waals surface area contributed by atoms with Gasteiger partial charge in [0.05, 0.1) is 25.8 Å². The molecule has 0 unspecified atom stereocenters. The quantitative estimate of drug-likeness (QED) is 0.747. The number of nitrogens with one attached hydrogen (secondary N) is 1. The number of aromatic nitrogens is 3. The van der Waals surface area contributed by atoms with E-state index in [0.717, 1.165) is 5.69 Å². The van der Waals surface area contributed by atoms with Crippen LogP contribution in [0.25, 0.3) is 5.69 Å². The number of methoxy groups -OCH3 is 1. The number of rotatable bonds is 6. The lowest BCUT2D eigenvalue weighted by Gasteiger charge is -2.06. The fraction of sp³-hybridized carbons (Fsp3) is 0.167. The highest BCUT2D eigenvalue weighted by atomic mass is 19.1. The molecule has 0 atom stereocenters. The van der Waals surface area contributed by atoms with Crippen LogP contribution in [0.1, 0.15) is 11.4 Å². The molecule has 0 aliphatic carbocycles. The lowest BCUT2D eigenvalue weighted by molar-refractivity contribution is -0.120. The fourth-order valence-corrected chi connectivity index (χ4v) is 2.29. The summed E-state index contributed by atoms with van der Waals surface area (Å²) in [5.74, 6) is 0.117. The number of benzene rings is 2. The maximum atomic E-state index is 13.9. The summed E-state index contributed by atoms with van der Waals surface area (Å²) in [7, 11) is 1.46. The number of nitrogens with zero attached hydrogens (tertiary/aromatic N) is 3. The topological polar surface area (TPSA) is 69.0 Å². The van der Waals surface area contributed by atoms with Crippen LogP contribution in [0, 0.1) is 5.82 Å². The monoisotopic (exact) mass is 340 g/mol. The summed E-state index contributed by atoms with van der Waals surface area (Å²) in [4.78, 5) is 16.2. The SMILES string of the molecule is COc1ccc(CC(=O)NCc2ncn(-c3ccccc3)n2)c(F)c1. The predicted molar refractivity (Wildman–Crippen MR) is 89.9 cm³/mol. The second kappa shape index (κ2) is 7.57. The van der Waals surface area contributed by atoms with Crippen molar-refractivity contribution in [1.29, 1.82) is 0 Å². The number of ether oxygens (including phenoxy) is 1. The first-order chi connectivity index (χ1) is 12.2. The molecular weight excluding hydrogens is 323 g/mol. The molecule has 2 aromatic carbocycles. The Balaban J connectivity index is 1.57. The molecule has 6 nitrogen and oxygen atoms in total. The lowest BCUT2D eigenvalue weighted by atomic mass is 10.1. The molecule has 0 bridgehead atoms. The Morgan fingerprint density at radius 1 is 1.24 bits per heavy atom. The molecule has 0 aliphatic rings. The maximum absolute atomic E-state index is 13.9. The Morgan fingerprint density at radius 2 is 2.04 bits per heavy atom. The van der Waals surface area contributed by atoms with Crippen molar-refractivity contribution in [2.75, 3.05) is 7.11 Å². The van der Waals surface area contributed by atoms with Gasteiger partial charge in [-0.2, -0.15) is 0 Å². The molecule has 0 spiro atoms. The van der Waals surface area contributed by atoms with Crippen LogP contribution in [0.15, 0.2) is 54.9 Å². The minimum Gasteiger partial charge on any atom is -0.497 e.